The monoisotopic (exact) mass is 440 g/mol. The summed E-state index contributed by atoms with van der Waals surface area (Å²) in [6, 6.07) is 23.0. The Balaban J connectivity index is 1.18. The fraction of sp³-hybridized carbons (Fsp3) is 0.115. The molecule has 0 bridgehead atoms. The average Bonchev–Trinajstić information content (AvgIpc) is 3.35. The third-order valence-electron chi connectivity index (χ3n) is 4.66. The fourth-order valence-corrected chi connectivity index (χ4v) is 2.99. The SMILES string of the molecule is O=C(/C=C/c1cnn(-c2ccccc2)c1)NCc1ccc(OCCOc2ccccc2)nc1. The van der Waals surface area contributed by atoms with Crippen LogP contribution in [0, 0.1) is 0 Å². The van der Waals surface area contributed by atoms with Crippen molar-refractivity contribution in [3.63, 3.8) is 0 Å². The molecule has 7 heteroatoms. The van der Waals surface area contributed by atoms with Crippen LogP contribution >= 0.6 is 0 Å². The Morgan fingerprint density at radius 3 is 2.42 bits per heavy atom. The zero-order valence-electron chi connectivity index (χ0n) is 18.0. The van der Waals surface area contributed by atoms with Crippen LogP contribution in [0.5, 0.6) is 11.6 Å². The molecule has 0 aliphatic carbocycles. The number of amides is 1. The molecule has 4 rings (SSSR count). The number of ether oxygens (including phenoxy) is 2. The normalized spacial score (nSPS) is 10.8. The zero-order valence-corrected chi connectivity index (χ0v) is 18.0. The van der Waals surface area contributed by atoms with Crippen molar-refractivity contribution in [2.24, 2.45) is 0 Å². The molecule has 0 radical (unpaired) electrons. The van der Waals surface area contributed by atoms with Gasteiger partial charge in [0.05, 0.1) is 11.9 Å². The van der Waals surface area contributed by atoms with Crippen LogP contribution < -0.4 is 14.8 Å². The van der Waals surface area contributed by atoms with E-state index in [1.807, 2.05) is 72.9 Å². The van der Waals surface area contributed by atoms with E-state index in [0.29, 0.717) is 25.6 Å². The van der Waals surface area contributed by atoms with E-state index in [9.17, 15) is 4.79 Å². The summed E-state index contributed by atoms with van der Waals surface area (Å²) in [6.45, 7) is 1.20. The van der Waals surface area contributed by atoms with Gasteiger partial charge in [0, 0.05) is 36.6 Å². The molecule has 0 aliphatic rings. The number of hydrogen-bond acceptors (Lipinski definition) is 5. The number of benzene rings is 2. The van der Waals surface area contributed by atoms with E-state index in [1.54, 1.807) is 29.2 Å². The van der Waals surface area contributed by atoms with Crippen LogP contribution in [0.15, 0.2) is 97.5 Å². The van der Waals surface area contributed by atoms with E-state index >= 15 is 0 Å². The van der Waals surface area contributed by atoms with Crippen LogP contribution in [0.4, 0.5) is 0 Å². The summed E-state index contributed by atoms with van der Waals surface area (Å²) < 4.78 is 12.9. The molecule has 7 nitrogen and oxygen atoms in total. The van der Waals surface area contributed by atoms with Gasteiger partial charge in [-0.3, -0.25) is 4.79 Å². The molecule has 0 unspecified atom stereocenters. The number of aromatic nitrogens is 3. The average molecular weight is 441 g/mol. The van der Waals surface area contributed by atoms with Gasteiger partial charge in [0.25, 0.3) is 0 Å². The first kappa shape index (κ1) is 21.8. The Kier molecular flexibility index (Phi) is 7.47. The van der Waals surface area contributed by atoms with Gasteiger partial charge in [-0.15, -0.1) is 0 Å². The maximum Gasteiger partial charge on any atom is 0.244 e. The van der Waals surface area contributed by atoms with Crippen LogP contribution in [0.2, 0.25) is 0 Å². The number of para-hydroxylation sites is 2. The van der Waals surface area contributed by atoms with Crippen LogP contribution in [-0.2, 0) is 11.3 Å². The molecule has 1 amide bonds. The van der Waals surface area contributed by atoms with Crippen LogP contribution in [0.3, 0.4) is 0 Å². The quantitative estimate of drug-likeness (QED) is 0.297. The highest BCUT2D eigenvalue weighted by molar-refractivity contribution is 5.91. The zero-order chi connectivity index (χ0) is 22.7. The summed E-state index contributed by atoms with van der Waals surface area (Å²) in [7, 11) is 0. The Morgan fingerprint density at radius 2 is 1.67 bits per heavy atom. The lowest BCUT2D eigenvalue weighted by atomic mass is 10.2. The maximum absolute atomic E-state index is 12.1. The summed E-state index contributed by atoms with van der Waals surface area (Å²) in [6.07, 6.45) is 8.48. The van der Waals surface area contributed by atoms with E-state index in [4.69, 9.17) is 9.47 Å². The molecular weight excluding hydrogens is 416 g/mol. The lowest BCUT2D eigenvalue weighted by Crippen LogP contribution is -2.20. The highest BCUT2D eigenvalue weighted by Gasteiger charge is 2.02. The lowest BCUT2D eigenvalue weighted by Gasteiger charge is -2.08. The van der Waals surface area contributed by atoms with E-state index in [0.717, 1.165) is 22.6 Å². The minimum atomic E-state index is -0.194. The number of rotatable bonds is 10. The van der Waals surface area contributed by atoms with Gasteiger partial charge < -0.3 is 14.8 Å². The molecule has 33 heavy (non-hydrogen) atoms. The molecule has 2 aromatic carbocycles. The third-order valence-corrected chi connectivity index (χ3v) is 4.66. The van der Waals surface area contributed by atoms with E-state index in [2.05, 4.69) is 15.4 Å². The van der Waals surface area contributed by atoms with Crippen molar-refractivity contribution in [1.29, 1.82) is 0 Å². The van der Waals surface area contributed by atoms with Crippen molar-refractivity contribution < 1.29 is 14.3 Å². The number of pyridine rings is 1. The third kappa shape index (κ3) is 6.80. The highest BCUT2D eigenvalue weighted by atomic mass is 16.5. The fourth-order valence-electron chi connectivity index (χ4n) is 2.99. The van der Waals surface area contributed by atoms with Gasteiger partial charge in [-0.1, -0.05) is 42.5 Å². The number of carbonyl (C=O) groups is 1. The first-order valence-corrected chi connectivity index (χ1v) is 10.6. The molecule has 4 aromatic rings. The second-order valence-corrected chi connectivity index (χ2v) is 7.12. The first-order valence-electron chi connectivity index (χ1n) is 10.6. The molecule has 0 saturated heterocycles. The van der Waals surface area contributed by atoms with E-state index in [1.165, 1.54) is 6.08 Å². The van der Waals surface area contributed by atoms with Crippen molar-refractivity contribution in [3.05, 3.63) is 109 Å². The van der Waals surface area contributed by atoms with Gasteiger partial charge in [-0.05, 0) is 35.9 Å². The van der Waals surface area contributed by atoms with Gasteiger partial charge in [-0.25, -0.2) is 9.67 Å². The van der Waals surface area contributed by atoms with Crippen LogP contribution in [-0.4, -0.2) is 33.9 Å². The minimum Gasteiger partial charge on any atom is -0.490 e. The minimum absolute atomic E-state index is 0.194. The Bertz CT molecular complexity index is 1170. The molecule has 0 spiro atoms. The molecule has 166 valence electrons. The summed E-state index contributed by atoms with van der Waals surface area (Å²) >= 11 is 0. The van der Waals surface area contributed by atoms with Gasteiger partial charge >= 0.3 is 0 Å². The second kappa shape index (κ2) is 11.3. The van der Waals surface area contributed by atoms with Crippen molar-refractivity contribution in [1.82, 2.24) is 20.1 Å². The van der Waals surface area contributed by atoms with Gasteiger partial charge in [-0.2, -0.15) is 5.10 Å². The largest absolute Gasteiger partial charge is 0.490 e. The topological polar surface area (TPSA) is 78.3 Å². The Hall–Kier alpha value is -4.39. The first-order chi connectivity index (χ1) is 16.3. The molecule has 0 aliphatic heterocycles. The van der Waals surface area contributed by atoms with Crippen LogP contribution in [0.25, 0.3) is 11.8 Å². The van der Waals surface area contributed by atoms with Gasteiger partial charge in [0.15, 0.2) is 0 Å². The molecular formula is C26H24N4O3. The smallest absolute Gasteiger partial charge is 0.244 e. The molecule has 0 saturated carbocycles. The predicted molar refractivity (Wildman–Crippen MR) is 126 cm³/mol. The number of hydrogen-bond donors (Lipinski definition) is 1. The summed E-state index contributed by atoms with van der Waals surface area (Å²) in [5.74, 6) is 1.12. The molecule has 2 heterocycles. The highest BCUT2D eigenvalue weighted by Crippen LogP contribution is 2.11. The molecule has 0 fully saturated rings. The maximum atomic E-state index is 12.1. The Morgan fingerprint density at radius 1 is 0.909 bits per heavy atom. The molecule has 2 aromatic heterocycles. The van der Waals surface area contributed by atoms with Crippen molar-refractivity contribution in [3.8, 4) is 17.3 Å². The van der Waals surface area contributed by atoms with Crippen molar-refractivity contribution in [2.45, 2.75) is 6.54 Å². The van der Waals surface area contributed by atoms with Gasteiger partial charge in [0.2, 0.25) is 11.8 Å². The van der Waals surface area contributed by atoms with E-state index in [-0.39, 0.29) is 5.91 Å². The summed E-state index contributed by atoms with van der Waals surface area (Å²) in [4.78, 5) is 16.4. The summed E-state index contributed by atoms with van der Waals surface area (Å²) in [5.41, 5.74) is 2.68. The lowest BCUT2D eigenvalue weighted by molar-refractivity contribution is -0.116. The number of nitrogens with zero attached hydrogens (tertiary/aromatic N) is 3. The number of carbonyl (C=O) groups excluding carboxylic acids is 1. The number of nitrogens with one attached hydrogen (secondary N) is 1. The standard InChI is InChI=1S/C26H24N4O3/c31-25(13-11-22-19-29-30(20-22)23-7-3-1-4-8-23)27-17-21-12-14-26(28-18-21)33-16-15-32-24-9-5-2-6-10-24/h1-14,18-20H,15-17H2,(H,27,31)/b13-11+. The van der Waals surface area contributed by atoms with Gasteiger partial charge in [0.1, 0.15) is 19.0 Å². The summed E-state index contributed by atoms with van der Waals surface area (Å²) in [5, 5.41) is 7.16. The van der Waals surface area contributed by atoms with Crippen molar-refractivity contribution >= 4 is 12.0 Å². The second-order valence-electron chi connectivity index (χ2n) is 7.12. The predicted octanol–water partition coefficient (Wildman–Crippen LogP) is 4.05. The van der Waals surface area contributed by atoms with Crippen LogP contribution in [0.1, 0.15) is 11.1 Å². The van der Waals surface area contributed by atoms with Crippen molar-refractivity contribution in [2.75, 3.05) is 13.2 Å². The molecule has 1 N–H and O–H groups in total. The van der Waals surface area contributed by atoms with E-state index < -0.39 is 0 Å². The Labute approximate surface area is 192 Å². The molecule has 0 atom stereocenters.